The Morgan fingerprint density at radius 3 is 1.64 bits per heavy atom. The third kappa shape index (κ3) is 8.53. The summed E-state index contributed by atoms with van der Waals surface area (Å²) in [6.45, 7) is 18.1. The number of aliphatic imine (C=N–C) groups is 1. The van der Waals surface area contributed by atoms with Gasteiger partial charge < -0.3 is 13.3 Å². The molecule has 0 aliphatic heterocycles. The van der Waals surface area contributed by atoms with Crippen LogP contribution in [0, 0.1) is 29.1 Å². The average molecular weight is 564 g/mol. The predicted molar refractivity (Wildman–Crippen MR) is 140 cm³/mol. The fourth-order valence-electron chi connectivity index (χ4n) is 3.16. The van der Waals surface area contributed by atoms with Crippen molar-refractivity contribution in [3.05, 3.63) is 58.4 Å². The standard InChI is InChI=1S/C24H34F5NO3Si3/c1-34(2,3)31-17-11-10-15(12-18(17)32-35(4,5)6)19(33-36(7,8)9)14-30-13-16-20(25)22(27)24(29)23(28)21(16)26/h10-13,19H,14H2,1-9H3. The Balaban J connectivity index is 2.48. The molecule has 1 atom stereocenters. The molecule has 36 heavy (non-hydrogen) atoms. The highest BCUT2D eigenvalue weighted by Crippen LogP contribution is 2.36. The van der Waals surface area contributed by atoms with Crippen molar-refractivity contribution < 1.29 is 35.2 Å². The van der Waals surface area contributed by atoms with Crippen molar-refractivity contribution in [1.29, 1.82) is 0 Å². The minimum atomic E-state index is -2.21. The first-order valence-corrected chi connectivity index (χ1v) is 21.7. The molecule has 1 unspecified atom stereocenters. The van der Waals surface area contributed by atoms with Crippen LogP contribution in [-0.2, 0) is 4.43 Å². The molecule has 0 fully saturated rings. The summed E-state index contributed by atoms with van der Waals surface area (Å²) >= 11 is 0. The van der Waals surface area contributed by atoms with Gasteiger partial charge in [0.1, 0.15) is 11.5 Å². The lowest BCUT2D eigenvalue weighted by Gasteiger charge is -2.29. The van der Waals surface area contributed by atoms with Gasteiger partial charge in [0.2, 0.25) is 22.5 Å². The van der Waals surface area contributed by atoms with Crippen LogP contribution in [0.5, 0.6) is 11.5 Å². The maximum atomic E-state index is 14.1. The molecule has 0 spiro atoms. The molecular formula is C24H34F5NO3Si3. The molecule has 0 amide bonds. The summed E-state index contributed by atoms with van der Waals surface area (Å²) in [5.41, 5.74) is -0.400. The molecule has 0 radical (unpaired) electrons. The molecule has 0 saturated heterocycles. The number of halogens is 5. The van der Waals surface area contributed by atoms with E-state index in [9.17, 15) is 22.0 Å². The largest absolute Gasteiger partial charge is 0.542 e. The zero-order valence-electron chi connectivity index (χ0n) is 22.2. The highest BCUT2D eigenvalue weighted by atomic mass is 28.4. The second-order valence-electron chi connectivity index (χ2n) is 11.3. The molecule has 0 heterocycles. The molecule has 0 aliphatic rings. The summed E-state index contributed by atoms with van der Waals surface area (Å²) in [6.07, 6.45) is 0.0121. The van der Waals surface area contributed by atoms with Crippen molar-refractivity contribution in [3.8, 4) is 11.5 Å². The minimum absolute atomic E-state index is 0.107. The molecule has 12 heteroatoms. The van der Waals surface area contributed by atoms with Crippen LogP contribution in [0.1, 0.15) is 17.2 Å². The first kappa shape index (κ1) is 30.2. The van der Waals surface area contributed by atoms with Gasteiger partial charge in [-0.3, -0.25) is 4.99 Å². The number of benzene rings is 2. The van der Waals surface area contributed by atoms with Crippen LogP contribution in [0.25, 0.3) is 0 Å². The van der Waals surface area contributed by atoms with Gasteiger partial charge in [0.05, 0.1) is 18.2 Å². The van der Waals surface area contributed by atoms with Crippen molar-refractivity contribution in [2.45, 2.75) is 65.0 Å². The molecule has 0 bridgehead atoms. The second kappa shape index (κ2) is 11.2. The molecule has 0 N–H and O–H groups in total. The van der Waals surface area contributed by atoms with E-state index in [0.717, 1.165) is 0 Å². The minimum Gasteiger partial charge on any atom is -0.542 e. The lowest BCUT2D eigenvalue weighted by Crippen LogP contribution is -2.33. The van der Waals surface area contributed by atoms with Gasteiger partial charge in [0, 0.05) is 6.21 Å². The maximum absolute atomic E-state index is 14.1. The van der Waals surface area contributed by atoms with Gasteiger partial charge in [-0.1, -0.05) is 6.07 Å². The Hall–Kier alpha value is -2.03. The van der Waals surface area contributed by atoms with Gasteiger partial charge >= 0.3 is 0 Å². The Bertz CT molecular complexity index is 1100. The summed E-state index contributed by atoms with van der Waals surface area (Å²) in [4.78, 5) is 4.00. The third-order valence-corrected chi connectivity index (χ3v) is 7.06. The average Bonchev–Trinajstić information content (AvgIpc) is 2.71. The van der Waals surface area contributed by atoms with E-state index < -0.39 is 65.7 Å². The summed E-state index contributed by atoms with van der Waals surface area (Å²) in [5.74, 6) is -8.92. The fraction of sp³-hybridized carbons (Fsp3) is 0.458. The van der Waals surface area contributed by atoms with E-state index in [4.69, 9.17) is 13.3 Å². The lowest BCUT2D eigenvalue weighted by atomic mass is 10.1. The van der Waals surface area contributed by atoms with Crippen LogP contribution >= 0.6 is 0 Å². The van der Waals surface area contributed by atoms with E-state index in [0.29, 0.717) is 23.3 Å². The van der Waals surface area contributed by atoms with Crippen molar-refractivity contribution in [2.24, 2.45) is 4.99 Å². The van der Waals surface area contributed by atoms with Gasteiger partial charge in [0.25, 0.3) is 0 Å². The molecular weight excluding hydrogens is 530 g/mol. The molecule has 200 valence electrons. The summed E-state index contributed by atoms with van der Waals surface area (Å²) in [5, 5.41) is 0. The number of nitrogens with zero attached hydrogens (tertiary/aromatic N) is 1. The van der Waals surface area contributed by atoms with Crippen LogP contribution in [0.2, 0.25) is 58.9 Å². The monoisotopic (exact) mass is 563 g/mol. The Morgan fingerprint density at radius 1 is 0.694 bits per heavy atom. The normalized spacial score (nSPS) is 13.8. The molecule has 2 aromatic carbocycles. The van der Waals surface area contributed by atoms with Crippen molar-refractivity contribution in [2.75, 3.05) is 6.54 Å². The highest BCUT2D eigenvalue weighted by molar-refractivity contribution is 6.71. The lowest BCUT2D eigenvalue weighted by molar-refractivity contribution is 0.207. The van der Waals surface area contributed by atoms with E-state index in [1.165, 1.54) is 0 Å². The number of hydrogen-bond donors (Lipinski definition) is 0. The zero-order chi connectivity index (χ0) is 27.6. The van der Waals surface area contributed by atoms with Gasteiger partial charge in [-0.15, -0.1) is 0 Å². The van der Waals surface area contributed by atoms with E-state index in [1.54, 1.807) is 6.07 Å². The third-order valence-electron chi connectivity index (χ3n) is 4.40. The first-order chi connectivity index (χ1) is 16.3. The zero-order valence-corrected chi connectivity index (χ0v) is 25.2. The van der Waals surface area contributed by atoms with E-state index in [1.807, 2.05) is 51.4 Å². The van der Waals surface area contributed by atoms with Crippen molar-refractivity contribution >= 4 is 31.2 Å². The van der Waals surface area contributed by atoms with Crippen LogP contribution in [0.15, 0.2) is 23.2 Å². The van der Waals surface area contributed by atoms with Crippen LogP contribution in [0.3, 0.4) is 0 Å². The molecule has 0 aromatic heterocycles. The predicted octanol–water partition coefficient (Wildman–Crippen LogP) is 7.82. The molecule has 2 rings (SSSR count). The molecule has 0 aliphatic carbocycles. The fourth-order valence-corrected chi connectivity index (χ4v) is 5.87. The van der Waals surface area contributed by atoms with Crippen LogP contribution in [0.4, 0.5) is 22.0 Å². The van der Waals surface area contributed by atoms with Gasteiger partial charge in [-0.25, -0.2) is 22.0 Å². The van der Waals surface area contributed by atoms with E-state index in [2.05, 4.69) is 24.6 Å². The molecule has 4 nitrogen and oxygen atoms in total. The van der Waals surface area contributed by atoms with Crippen LogP contribution in [-0.4, -0.2) is 37.7 Å². The Morgan fingerprint density at radius 2 is 1.17 bits per heavy atom. The van der Waals surface area contributed by atoms with Crippen LogP contribution < -0.4 is 8.85 Å². The van der Waals surface area contributed by atoms with E-state index in [-0.39, 0.29) is 6.54 Å². The van der Waals surface area contributed by atoms with Gasteiger partial charge in [-0.2, -0.15) is 0 Å². The first-order valence-electron chi connectivity index (χ1n) is 11.5. The van der Waals surface area contributed by atoms with Crippen molar-refractivity contribution in [3.63, 3.8) is 0 Å². The SMILES string of the molecule is C[Si](C)(C)Oc1ccc(C(CN=Cc2c(F)c(F)c(F)c(F)c2F)O[Si](C)(C)C)cc1O[Si](C)(C)C. The quantitative estimate of drug-likeness (QED) is 0.0973. The summed E-state index contributed by atoms with van der Waals surface area (Å²) in [7, 11) is -6.10. The Labute approximate surface area is 212 Å². The van der Waals surface area contributed by atoms with Gasteiger partial charge in [-0.05, 0) is 76.6 Å². The molecule has 0 saturated carbocycles. The number of rotatable bonds is 10. The molecule has 2 aromatic rings. The van der Waals surface area contributed by atoms with Gasteiger partial charge in [0.15, 0.2) is 31.6 Å². The Kier molecular flexibility index (Phi) is 9.35. The summed E-state index contributed by atoms with van der Waals surface area (Å²) in [6, 6.07) is 5.43. The van der Waals surface area contributed by atoms with E-state index >= 15 is 0 Å². The number of hydrogen-bond acceptors (Lipinski definition) is 4. The maximum Gasteiger partial charge on any atom is 0.242 e. The second-order valence-corrected chi connectivity index (χ2v) is 24.6. The summed E-state index contributed by atoms with van der Waals surface area (Å²) < 4.78 is 87.3. The topological polar surface area (TPSA) is 40.0 Å². The highest BCUT2D eigenvalue weighted by Gasteiger charge is 2.28. The van der Waals surface area contributed by atoms with Crippen molar-refractivity contribution in [1.82, 2.24) is 0 Å². The smallest absolute Gasteiger partial charge is 0.242 e.